The molecule has 1 N–H and O–H groups in total. The number of nitrogens with zero attached hydrogens (tertiary/aromatic N) is 1. The van der Waals surface area contributed by atoms with Crippen molar-refractivity contribution in [2.24, 2.45) is 0 Å². The first kappa shape index (κ1) is 15.0. The largest absolute Gasteiger partial charge is 0.387 e. The predicted molar refractivity (Wildman–Crippen MR) is 79.3 cm³/mol. The van der Waals surface area contributed by atoms with Crippen molar-refractivity contribution < 1.29 is 5.11 Å². The summed E-state index contributed by atoms with van der Waals surface area (Å²) in [6.07, 6.45) is -0.462. The van der Waals surface area contributed by atoms with Crippen LogP contribution >= 0.6 is 12.4 Å². The molecule has 0 fully saturated rings. The van der Waals surface area contributed by atoms with Gasteiger partial charge in [-0.1, -0.05) is 42.5 Å². The summed E-state index contributed by atoms with van der Waals surface area (Å²) in [5, 5.41) is 12.7. The van der Waals surface area contributed by atoms with Gasteiger partial charge >= 0.3 is 0 Å². The highest BCUT2D eigenvalue weighted by Crippen LogP contribution is 2.27. The van der Waals surface area contributed by atoms with Crippen molar-refractivity contribution in [2.45, 2.75) is 19.1 Å². The van der Waals surface area contributed by atoms with Crippen molar-refractivity contribution in [1.82, 2.24) is 4.90 Å². The molecule has 18 heavy (non-hydrogen) atoms. The zero-order valence-corrected chi connectivity index (χ0v) is 11.8. The number of benzene rings is 2. The van der Waals surface area contributed by atoms with E-state index in [1.54, 1.807) is 0 Å². The van der Waals surface area contributed by atoms with Crippen LogP contribution in [0.2, 0.25) is 0 Å². The maximum atomic E-state index is 10.4. The molecule has 2 aromatic rings. The van der Waals surface area contributed by atoms with Gasteiger partial charge in [0, 0.05) is 6.04 Å². The molecule has 0 heterocycles. The molecule has 98 valence electrons. The molecule has 0 amide bonds. The fourth-order valence-electron chi connectivity index (χ4n) is 2.05. The number of hydrogen-bond acceptors (Lipinski definition) is 2. The second-order valence-electron chi connectivity index (χ2n) is 4.72. The third kappa shape index (κ3) is 2.83. The lowest BCUT2D eigenvalue weighted by atomic mass is 9.96. The molecule has 0 aliphatic carbocycles. The number of halogens is 1. The minimum atomic E-state index is -0.462. The number of aliphatic hydroxyl groups is 1. The van der Waals surface area contributed by atoms with Gasteiger partial charge in [0.1, 0.15) is 0 Å². The maximum Gasteiger partial charge on any atom is 0.0948 e. The molecule has 2 aromatic carbocycles. The van der Waals surface area contributed by atoms with Gasteiger partial charge in [-0.15, -0.1) is 12.4 Å². The average molecular weight is 266 g/mol. The van der Waals surface area contributed by atoms with E-state index in [-0.39, 0.29) is 18.4 Å². The molecule has 3 heteroatoms. The van der Waals surface area contributed by atoms with E-state index in [1.165, 1.54) is 5.39 Å². The molecule has 0 bridgehead atoms. The highest BCUT2D eigenvalue weighted by molar-refractivity contribution is 5.86. The van der Waals surface area contributed by atoms with E-state index in [1.807, 2.05) is 50.2 Å². The third-order valence-electron chi connectivity index (χ3n) is 3.41. The van der Waals surface area contributed by atoms with E-state index < -0.39 is 6.10 Å². The molecule has 0 aliphatic heterocycles. The fourth-order valence-corrected chi connectivity index (χ4v) is 2.05. The monoisotopic (exact) mass is 265 g/mol. The quantitative estimate of drug-likeness (QED) is 0.921. The Kier molecular flexibility index (Phi) is 5.15. The van der Waals surface area contributed by atoms with E-state index in [9.17, 15) is 5.11 Å². The van der Waals surface area contributed by atoms with Crippen molar-refractivity contribution in [2.75, 3.05) is 14.1 Å². The summed E-state index contributed by atoms with van der Waals surface area (Å²) in [5.41, 5.74) is 1.00. The fraction of sp³-hybridized carbons (Fsp3) is 0.333. The molecule has 0 saturated carbocycles. The van der Waals surface area contributed by atoms with Crippen LogP contribution in [0.3, 0.4) is 0 Å². The average Bonchev–Trinajstić information content (AvgIpc) is 2.36. The highest BCUT2D eigenvalue weighted by atomic mass is 35.5. The second kappa shape index (κ2) is 6.19. The first-order chi connectivity index (χ1) is 8.11. The molecule has 2 nitrogen and oxygen atoms in total. The Balaban J connectivity index is 0.00000162. The van der Waals surface area contributed by atoms with Crippen molar-refractivity contribution >= 4 is 23.2 Å². The van der Waals surface area contributed by atoms with Crippen LogP contribution < -0.4 is 0 Å². The molecule has 0 aliphatic rings. The van der Waals surface area contributed by atoms with Crippen LogP contribution in [0, 0.1) is 0 Å². The Labute approximate surface area is 115 Å². The zero-order valence-electron chi connectivity index (χ0n) is 11.0. The molecule has 2 unspecified atom stereocenters. The maximum absolute atomic E-state index is 10.4. The van der Waals surface area contributed by atoms with Gasteiger partial charge in [0.25, 0.3) is 0 Å². The van der Waals surface area contributed by atoms with Gasteiger partial charge in [-0.3, -0.25) is 0 Å². The van der Waals surface area contributed by atoms with Gasteiger partial charge in [-0.2, -0.15) is 0 Å². The Morgan fingerprint density at radius 3 is 2.28 bits per heavy atom. The van der Waals surface area contributed by atoms with E-state index in [2.05, 4.69) is 18.2 Å². The predicted octanol–water partition coefficient (Wildman–Crippen LogP) is 3.25. The van der Waals surface area contributed by atoms with Crippen LogP contribution in [-0.2, 0) is 0 Å². The van der Waals surface area contributed by atoms with E-state index in [0.717, 1.165) is 10.9 Å². The van der Waals surface area contributed by atoms with Crippen LogP contribution in [-0.4, -0.2) is 30.1 Å². The molecule has 0 aromatic heterocycles. The Morgan fingerprint density at radius 2 is 1.61 bits per heavy atom. The van der Waals surface area contributed by atoms with E-state index in [4.69, 9.17) is 0 Å². The van der Waals surface area contributed by atoms with Crippen LogP contribution in [0.5, 0.6) is 0 Å². The molecule has 0 radical (unpaired) electrons. The normalized spacial score (nSPS) is 14.3. The number of aliphatic hydroxyl groups excluding tert-OH is 1. The number of likely N-dealkylation sites (N-methyl/N-ethyl adjacent to an activating group) is 1. The van der Waals surface area contributed by atoms with Crippen LogP contribution in [0.4, 0.5) is 0 Å². The van der Waals surface area contributed by atoms with Gasteiger partial charge in [0.2, 0.25) is 0 Å². The van der Waals surface area contributed by atoms with Gasteiger partial charge in [0.05, 0.1) is 6.10 Å². The van der Waals surface area contributed by atoms with Crippen LogP contribution in [0.1, 0.15) is 18.6 Å². The van der Waals surface area contributed by atoms with Gasteiger partial charge in [0.15, 0.2) is 0 Å². The minimum absolute atomic E-state index is 0. The van der Waals surface area contributed by atoms with Gasteiger partial charge in [-0.25, -0.2) is 0 Å². The molecule has 2 rings (SSSR count). The lowest BCUT2D eigenvalue weighted by molar-refractivity contribution is 0.0870. The molecule has 0 saturated heterocycles. The van der Waals surface area contributed by atoms with Crippen molar-refractivity contribution in [3.05, 3.63) is 48.0 Å². The van der Waals surface area contributed by atoms with E-state index in [0.29, 0.717) is 0 Å². The van der Waals surface area contributed by atoms with Gasteiger partial charge < -0.3 is 10.0 Å². The first-order valence-corrected chi connectivity index (χ1v) is 5.93. The Bertz CT molecular complexity index is 507. The summed E-state index contributed by atoms with van der Waals surface area (Å²) in [5.74, 6) is 0. The zero-order chi connectivity index (χ0) is 12.4. The molecule has 0 spiro atoms. The topological polar surface area (TPSA) is 23.5 Å². The summed E-state index contributed by atoms with van der Waals surface area (Å²) in [4.78, 5) is 2.03. The van der Waals surface area contributed by atoms with Gasteiger partial charge in [-0.05, 0) is 37.4 Å². The second-order valence-corrected chi connectivity index (χ2v) is 4.72. The summed E-state index contributed by atoms with van der Waals surface area (Å²) in [6.45, 7) is 2.03. The van der Waals surface area contributed by atoms with Crippen molar-refractivity contribution in [3.63, 3.8) is 0 Å². The summed E-state index contributed by atoms with van der Waals surface area (Å²) >= 11 is 0. The van der Waals surface area contributed by atoms with E-state index >= 15 is 0 Å². The number of rotatable bonds is 3. The van der Waals surface area contributed by atoms with Crippen LogP contribution in [0.15, 0.2) is 42.5 Å². The number of fused-ring (bicyclic) bond motifs is 1. The Morgan fingerprint density at radius 1 is 1.00 bits per heavy atom. The molecular weight excluding hydrogens is 246 g/mol. The van der Waals surface area contributed by atoms with Crippen LogP contribution in [0.25, 0.3) is 10.8 Å². The standard InChI is InChI=1S/C15H19NO.ClH/c1-11(16(2)3)15(17)14-10-6-8-12-7-4-5-9-13(12)14;/h4-11,15,17H,1-3H3;1H. The Hall–Kier alpha value is -1.09. The summed E-state index contributed by atoms with van der Waals surface area (Å²) in [6, 6.07) is 14.4. The SMILES string of the molecule is CC(C(O)c1cccc2ccccc12)N(C)C.Cl. The first-order valence-electron chi connectivity index (χ1n) is 5.93. The van der Waals surface area contributed by atoms with Crippen molar-refractivity contribution in [1.29, 1.82) is 0 Å². The summed E-state index contributed by atoms with van der Waals surface area (Å²) in [7, 11) is 3.97. The number of hydrogen-bond donors (Lipinski definition) is 1. The smallest absolute Gasteiger partial charge is 0.0948 e. The molecular formula is C15H20ClNO. The molecule has 2 atom stereocenters. The third-order valence-corrected chi connectivity index (χ3v) is 3.41. The minimum Gasteiger partial charge on any atom is -0.387 e. The van der Waals surface area contributed by atoms with Crippen molar-refractivity contribution in [3.8, 4) is 0 Å². The lowest BCUT2D eigenvalue weighted by Crippen LogP contribution is -2.31. The lowest BCUT2D eigenvalue weighted by Gasteiger charge is -2.26. The highest BCUT2D eigenvalue weighted by Gasteiger charge is 2.19. The summed E-state index contributed by atoms with van der Waals surface area (Å²) < 4.78 is 0.